The fourth-order valence-electron chi connectivity index (χ4n) is 1.88. The van der Waals surface area contributed by atoms with Gasteiger partial charge in [-0.2, -0.15) is 0 Å². The summed E-state index contributed by atoms with van der Waals surface area (Å²) in [4.78, 5) is 0. The second-order valence-corrected chi connectivity index (χ2v) is 4.63. The van der Waals surface area contributed by atoms with Crippen LogP contribution in [-0.2, 0) is 4.74 Å². The van der Waals surface area contributed by atoms with Gasteiger partial charge in [0.25, 0.3) is 0 Å². The predicted molar refractivity (Wildman–Crippen MR) is 64.1 cm³/mol. The van der Waals surface area contributed by atoms with E-state index >= 15 is 0 Å². The highest BCUT2D eigenvalue weighted by Gasteiger charge is 2.21. The summed E-state index contributed by atoms with van der Waals surface area (Å²) in [5.41, 5.74) is 0. The van der Waals surface area contributed by atoms with Gasteiger partial charge in [0.2, 0.25) is 0 Å². The number of ether oxygens (including phenoxy) is 1. The van der Waals surface area contributed by atoms with Gasteiger partial charge in [0.05, 0.1) is 6.61 Å². The van der Waals surface area contributed by atoms with Gasteiger partial charge in [0.15, 0.2) is 0 Å². The van der Waals surface area contributed by atoms with E-state index in [0.29, 0.717) is 18.0 Å². The van der Waals surface area contributed by atoms with Crippen LogP contribution in [0.4, 0.5) is 0 Å². The van der Waals surface area contributed by atoms with Crippen molar-refractivity contribution >= 4 is 0 Å². The smallest absolute Gasteiger partial charge is 0.0509 e. The Morgan fingerprint density at radius 2 is 2.00 bits per heavy atom. The van der Waals surface area contributed by atoms with Crippen molar-refractivity contribution in [1.29, 1.82) is 0 Å². The molecular weight excluding hydrogens is 188 g/mol. The summed E-state index contributed by atoms with van der Waals surface area (Å²) in [6.07, 6.45) is 2.42. The van der Waals surface area contributed by atoms with Crippen molar-refractivity contribution < 1.29 is 4.74 Å². The fraction of sp³-hybridized carbons (Fsp3) is 1.00. The Hall–Kier alpha value is -0.120. The van der Waals surface area contributed by atoms with Crippen LogP contribution < -0.4 is 10.6 Å². The molecular formula is C12H26N2O. The third-order valence-corrected chi connectivity index (χ3v) is 3.37. The Morgan fingerprint density at radius 1 is 1.27 bits per heavy atom. The molecule has 1 heterocycles. The molecule has 1 aliphatic rings. The minimum Gasteiger partial charge on any atom is -0.381 e. The molecule has 0 aromatic rings. The molecule has 3 unspecified atom stereocenters. The molecule has 0 aromatic heterocycles. The van der Waals surface area contributed by atoms with Crippen LogP contribution in [0.3, 0.4) is 0 Å². The first kappa shape index (κ1) is 12.9. The molecule has 3 atom stereocenters. The third-order valence-electron chi connectivity index (χ3n) is 3.37. The molecule has 0 spiro atoms. The minimum absolute atomic E-state index is 0.589. The van der Waals surface area contributed by atoms with Crippen molar-refractivity contribution in [2.75, 3.05) is 26.3 Å². The van der Waals surface area contributed by atoms with Gasteiger partial charge in [-0.1, -0.05) is 6.92 Å². The van der Waals surface area contributed by atoms with Gasteiger partial charge in [-0.25, -0.2) is 0 Å². The van der Waals surface area contributed by atoms with Gasteiger partial charge >= 0.3 is 0 Å². The summed E-state index contributed by atoms with van der Waals surface area (Å²) in [6, 6.07) is 1.23. The molecule has 15 heavy (non-hydrogen) atoms. The zero-order valence-electron chi connectivity index (χ0n) is 10.4. The average molecular weight is 214 g/mol. The first-order valence-corrected chi connectivity index (χ1v) is 6.28. The van der Waals surface area contributed by atoms with E-state index in [0.717, 1.165) is 26.3 Å². The van der Waals surface area contributed by atoms with E-state index in [1.54, 1.807) is 0 Å². The molecule has 90 valence electrons. The van der Waals surface area contributed by atoms with E-state index in [1.807, 2.05) is 0 Å². The third kappa shape index (κ3) is 4.96. The van der Waals surface area contributed by atoms with Gasteiger partial charge in [0, 0.05) is 31.8 Å². The van der Waals surface area contributed by atoms with Gasteiger partial charge in [-0.05, 0) is 32.6 Å². The zero-order valence-corrected chi connectivity index (χ0v) is 10.4. The highest BCUT2D eigenvalue weighted by molar-refractivity contribution is 4.75. The maximum absolute atomic E-state index is 5.38. The first-order valence-electron chi connectivity index (χ1n) is 6.28. The SMILES string of the molecule is CCC(C)NCCNC(C)C1CCOC1. The van der Waals surface area contributed by atoms with Crippen LogP contribution in [0.25, 0.3) is 0 Å². The monoisotopic (exact) mass is 214 g/mol. The average Bonchev–Trinajstić information content (AvgIpc) is 2.77. The number of hydrogen-bond donors (Lipinski definition) is 2. The first-order chi connectivity index (χ1) is 7.24. The normalized spacial score (nSPS) is 25.4. The Morgan fingerprint density at radius 3 is 2.60 bits per heavy atom. The summed E-state index contributed by atoms with van der Waals surface area (Å²) in [5, 5.41) is 7.05. The number of rotatable bonds is 7. The molecule has 0 bridgehead atoms. The summed E-state index contributed by atoms with van der Waals surface area (Å²) in [6.45, 7) is 10.7. The van der Waals surface area contributed by atoms with Crippen LogP contribution in [0.1, 0.15) is 33.6 Å². The molecule has 0 aromatic carbocycles. The van der Waals surface area contributed by atoms with Crippen LogP contribution in [-0.4, -0.2) is 38.4 Å². The topological polar surface area (TPSA) is 33.3 Å². The summed E-state index contributed by atoms with van der Waals surface area (Å²) in [7, 11) is 0. The second-order valence-electron chi connectivity index (χ2n) is 4.63. The van der Waals surface area contributed by atoms with Gasteiger partial charge in [-0.15, -0.1) is 0 Å². The lowest BCUT2D eigenvalue weighted by atomic mass is 10.0. The molecule has 1 saturated heterocycles. The molecule has 0 aliphatic carbocycles. The van der Waals surface area contributed by atoms with Crippen molar-refractivity contribution in [3.63, 3.8) is 0 Å². The lowest BCUT2D eigenvalue weighted by molar-refractivity contribution is 0.178. The predicted octanol–water partition coefficient (Wildman–Crippen LogP) is 1.39. The van der Waals surface area contributed by atoms with Gasteiger partial charge in [0.1, 0.15) is 0 Å². The quantitative estimate of drug-likeness (QED) is 0.628. The van der Waals surface area contributed by atoms with E-state index in [-0.39, 0.29) is 0 Å². The van der Waals surface area contributed by atoms with Crippen molar-refractivity contribution in [2.24, 2.45) is 5.92 Å². The van der Waals surface area contributed by atoms with Crippen molar-refractivity contribution in [3.8, 4) is 0 Å². The van der Waals surface area contributed by atoms with Crippen LogP contribution in [0.5, 0.6) is 0 Å². The number of nitrogens with one attached hydrogen (secondary N) is 2. The van der Waals surface area contributed by atoms with Crippen LogP contribution >= 0.6 is 0 Å². The van der Waals surface area contributed by atoms with Crippen LogP contribution in [0, 0.1) is 5.92 Å². The van der Waals surface area contributed by atoms with E-state index in [1.165, 1.54) is 12.8 Å². The maximum Gasteiger partial charge on any atom is 0.0509 e. The Balaban J connectivity index is 1.99. The lowest BCUT2D eigenvalue weighted by Crippen LogP contribution is -2.39. The zero-order chi connectivity index (χ0) is 11.1. The van der Waals surface area contributed by atoms with Crippen LogP contribution in [0.2, 0.25) is 0 Å². The summed E-state index contributed by atoms with van der Waals surface area (Å²) in [5.74, 6) is 0.716. The Kier molecular flexibility index (Phi) is 6.22. The van der Waals surface area contributed by atoms with E-state index in [9.17, 15) is 0 Å². The molecule has 3 heteroatoms. The van der Waals surface area contributed by atoms with E-state index < -0.39 is 0 Å². The Labute approximate surface area is 94.0 Å². The lowest BCUT2D eigenvalue weighted by Gasteiger charge is -2.20. The Bertz CT molecular complexity index is 158. The van der Waals surface area contributed by atoms with Gasteiger partial charge in [-0.3, -0.25) is 0 Å². The molecule has 0 amide bonds. The standard InChI is InChI=1S/C12H26N2O/c1-4-10(2)13-6-7-14-11(3)12-5-8-15-9-12/h10-14H,4-9H2,1-3H3. The van der Waals surface area contributed by atoms with E-state index in [4.69, 9.17) is 4.74 Å². The largest absolute Gasteiger partial charge is 0.381 e. The summed E-state index contributed by atoms with van der Waals surface area (Å²) < 4.78 is 5.38. The fourth-order valence-corrected chi connectivity index (χ4v) is 1.88. The van der Waals surface area contributed by atoms with Crippen molar-refractivity contribution in [3.05, 3.63) is 0 Å². The second kappa shape index (κ2) is 7.20. The highest BCUT2D eigenvalue weighted by Crippen LogP contribution is 2.15. The molecule has 0 radical (unpaired) electrons. The van der Waals surface area contributed by atoms with Gasteiger partial charge < -0.3 is 15.4 Å². The molecule has 2 N–H and O–H groups in total. The maximum atomic E-state index is 5.38. The summed E-state index contributed by atoms with van der Waals surface area (Å²) >= 11 is 0. The van der Waals surface area contributed by atoms with Crippen molar-refractivity contribution in [1.82, 2.24) is 10.6 Å². The van der Waals surface area contributed by atoms with E-state index in [2.05, 4.69) is 31.4 Å². The van der Waals surface area contributed by atoms with Crippen LogP contribution in [0.15, 0.2) is 0 Å². The molecule has 1 fully saturated rings. The molecule has 1 aliphatic heterocycles. The molecule has 0 saturated carbocycles. The van der Waals surface area contributed by atoms with Crippen molar-refractivity contribution in [2.45, 2.75) is 45.7 Å². The minimum atomic E-state index is 0.589. The molecule has 3 nitrogen and oxygen atoms in total. The number of hydrogen-bond acceptors (Lipinski definition) is 3. The molecule has 1 rings (SSSR count). The highest BCUT2D eigenvalue weighted by atomic mass is 16.5.